The molecule has 10 nitrogen and oxygen atoms in total. The van der Waals surface area contributed by atoms with Gasteiger partial charge in [-0.3, -0.25) is 20.6 Å². The van der Waals surface area contributed by atoms with Gasteiger partial charge >= 0.3 is 23.7 Å². The number of hydrogen-bond donors (Lipinski definition) is 3. The van der Waals surface area contributed by atoms with Crippen LogP contribution in [-0.4, -0.2) is 52.0 Å². The molecule has 0 unspecified atom stereocenters. The van der Waals surface area contributed by atoms with Crippen LogP contribution in [0.1, 0.15) is 26.2 Å². The van der Waals surface area contributed by atoms with Gasteiger partial charge in [-0.2, -0.15) is 5.32 Å². The summed E-state index contributed by atoms with van der Waals surface area (Å²) in [6.07, 6.45) is 0.789. The minimum absolute atomic E-state index is 0.0941. The fourth-order valence-corrected chi connectivity index (χ4v) is 3.13. The predicted molar refractivity (Wildman–Crippen MR) is 101 cm³/mol. The number of hydrogen-bond acceptors (Lipinski definition) is 6. The Bertz CT molecular complexity index is 738. The fourth-order valence-electron chi connectivity index (χ4n) is 2.10. The zero-order valence-corrected chi connectivity index (χ0v) is 16.0. The smallest absolute Gasteiger partial charge is 0.476 e. The van der Waals surface area contributed by atoms with E-state index in [2.05, 4.69) is 17.0 Å². The van der Waals surface area contributed by atoms with Gasteiger partial charge in [0.2, 0.25) is 0 Å². The third kappa shape index (κ3) is 7.13. The summed E-state index contributed by atoms with van der Waals surface area (Å²) in [5.74, 6) is -0.536. The van der Waals surface area contributed by atoms with Crippen LogP contribution < -0.4 is 11.1 Å². The first-order valence-corrected chi connectivity index (χ1v) is 9.16. The van der Waals surface area contributed by atoms with E-state index in [-0.39, 0.29) is 30.3 Å². The van der Waals surface area contributed by atoms with Crippen molar-refractivity contribution in [1.29, 1.82) is 0 Å². The maximum atomic E-state index is 11.4. The van der Waals surface area contributed by atoms with E-state index in [1.807, 2.05) is 0 Å². The van der Waals surface area contributed by atoms with Gasteiger partial charge in [0.25, 0.3) is 0 Å². The number of nitrogens with two attached hydrogens (primary N) is 1. The quantitative estimate of drug-likeness (QED) is 0.109. The van der Waals surface area contributed by atoms with Crippen LogP contribution >= 0.6 is 11.8 Å². The number of aliphatic carboxylic acids is 1. The Morgan fingerprint density at radius 1 is 1.37 bits per heavy atom. The summed E-state index contributed by atoms with van der Waals surface area (Å²) in [5.41, 5.74) is 5.70. The van der Waals surface area contributed by atoms with Crippen molar-refractivity contribution in [1.82, 2.24) is 5.32 Å². The third-order valence-corrected chi connectivity index (χ3v) is 4.54. The Morgan fingerprint density at radius 3 is 2.63 bits per heavy atom. The van der Waals surface area contributed by atoms with E-state index in [1.165, 1.54) is 22.4 Å². The van der Waals surface area contributed by atoms with Gasteiger partial charge < -0.3 is 9.84 Å². The summed E-state index contributed by atoms with van der Waals surface area (Å²) >= 11 is 1.52. The minimum atomic E-state index is -1.11. The number of ether oxygens (including phenoxy) is 1. The molecule has 0 saturated heterocycles. The molecule has 0 saturated carbocycles. The molecule has 4 N–H and O–H groups in total. The number of thioether (sulfide) groups is 1. The number of carboxylic acid groups (broad SMARTS) is 1. The Labute approximate surface area is 160 Å². The van der Waals surface area contributed by atoms with Gasteiger partial charge in [-0.1, -0.05) is 13.3 Å². The Hall–Kier alpha value is -2.82. The molecule has 0 aliphatic carbocycles. The lowest BCUT2D eigenvalue weighted by Crippen LogP contribution is -2.43. The van der Waals surface area contributed by atoms with Crippen molar-refractivity contribution in [2.24, 2.45) is 5.73 Å². The van der Waals surface area contributed by atoms with Crippen molar-refractivity contribution >= 4 is 41.2 Å². The van der Waals surface area contributed by atoms with E-state index in [4.69, 9.17) is 10.8 Å². The van der Waals surface area contributed by atoms with Crippen molar-refractivity contribution < 1.29 is 28.9 Å². The average molecular weight is 399 g/mol. The molecule has 11 heteroatoms. The molecule has 0 spiro atoms. The summed E-state index contributed by atoms with van der Waals surface area (Å²) < 4.78 is 5.66. The SMILES string of the molecule is CCCCSc1ccc([N+](=O)[O-])c([N+](CCC(=O)O)=C(N)NC(=O)OC)c1. The van der Waals surface area contributed by atoms with Crippen LogP contribution in [0, 0.1) is 10.1 Å². The number of benzene rings is 1. The van der Waals surface area contributed by atoms with Gasteiger partial charge in [-0.05, 0) is 24.3 Å². The number of carbonyl (C=O) groups excluding carboxylic acids is 1. The predicted octanol–water partition coefficient (Wildman–Crippen LogP) is 2.28. The van der Waals surface area contributed by atoms with E-state index in [0.29, 0.717) is 0 Å². The van der Waals surface area contributed by atoms with Gasteiger partial charge in [-0.25, -0.2) is 9.37 Å². The molecule has 1 rings (SSSR count). The molecule has 148 valence electrons. The lowest BCUT2D eigenvalue weighted by molar-refractivity contribution is -0.459. The molecule has 0 aliphatic rings. The number of nitro benzene ring substituents is 1. The van der Waals surface area contributed by atoms with E-state index in [1.54, 1.807) is 12.1 Å². The zero-order valence-electron chi connectivity index (χ0n) is 15.1. The van der Waals surface area contributed by atoms with Crippen molar-refractivity contribution in [3.63, 3.8) is 0 Å². The van der Waals surface area contributed by atoms with Gasteiger partial charge in [0, 0.05) is 11.0 Å². The Balaban J connectivity index is 3.39. The van der Waals surface area contributed by atoms with Crippen molar-refractivity contribution in [3.05, 3.63) is 28.3 Å². The van der Waals surface area contributed by atoms with E-state index < -0.39 is 17.0 Å². The van der Waals surface area contributed by atoms with E-state index >= 15 is 0 Å². The number of nitro groups is 1. The second-order valence-corrected chi connectivity index (χ2v) is 6.58. The molecule has 0 bridgehead atoms. The topological polar surface area (TPSA) is 148 Å². The fraction of sp³-hybridized carbons (Fsp3) is 0.438. The standard InChI is InChI=1S/C16H22N4O6S/c1-3-4-9-27-11-5-6-12(20(24)25)13(10-11)19(8-7-14(21)22)15(17)18-16(23)26-2/h5-6,10H,3-4,7-9H2,1-2H3,(H3,17,18,21,22,23)/p+1. The highest BCUT2D eigenvalue weighted by Gasteiger charge is 2.25. The molecule has 0 aromatic heterocycles. The molecule has 0 radical (unpaired) electrons. The minimum Gasteiger partial charge on any atom is -0.481 e. The molecule has 0 atom stereocenters. The average Bonchev–Trinajstić information content (AvgIpc) is 2.61. The molecular weight excluding hydrogens is 376 g/mol. The second-order valence-electron chi connectivity index (χ2n) is 5.41. The maximum Gasteiger partial charge on any atom is 0.476 e. The van der Waals surface area contributed by atoms with Crippen LogP contribution in [0.3, 0.4) is 0 Å². The zero-order chi connectivity index (χ0) is 20.4. The monoisotopic (exact) mass is 399 g/mol. The molecular formula is C16H23N4O6S+. The Kier molecular flexibility index (Phi) is 9.06. The van der Waals surface area contributed by atoms with Crippen LogP contribution in [0.25, 0.3) is 0 Å². The molecule has 0 aliphatic heterocycles. The summed E-state index contributed by atoms with van der Waals surface area (Å²) in [7, 11) is 1.14. The van der Waals surface area contributed by atoms with E-state index in [9.17, 15) is 19.7 Å². The summed E-state index contributed by atoms with van der Waals surface area (Å²) in [5, 5.41) is 22.6. The van der Waals surface area contributed by atoms with Gasteiger partial charge in [0.1, 0.15) is 0 Å². The lowest BCUT2D eigenvalue weighted by Gasteiger charge is -2.12. The van der Waals surface area contributed by atoms with Crippen molar-refractivity contribution in [2.45, 2.75) is 31.1 Å². The van der Waals surface area contributed by atoms with Gasteiger partial charge in [-0.15, -0.1) is 11.8 Å². The summed E-state index contributed by atoms with van der Waals surface area (Å²) in [6, 6.07) is 4.52. The number of guanidine groups is 1. The highest BCUT2D eigenvalue weighted by atomic mass is 32.2. The third-order valence-electron chi connectivity index (χ3n) is 3.46. The van der Waals surface area contributed by atoms with Gasteiger partial charge in [0.15, 0.2) is 5.69 Å². The van der Waals surface area contributed by atoms with Crippen LogP contribution in [0.2, 0.25) is 0 Å². The summed E-state index contributed by atoms with van der Waals surface area (Å²) in [4.78, 5) is 34.0. The Morgan fingerprint density at radius 2 is 2.07 bits per heavy atom. The molecule has 1 aromatic rings. The number of nitrogens with zero attached hydrogens (tertiary/aromatic N) is 2. The van der Waals surface area contributed by atoms with Crippen molar-refractivity contribution in [2.75, 3.05) is 19.4 Å². The first kappa shape index (κ1) is 22.2. The highest BCUT2D eigenvalue weighted by Crippen LogP contribution is 2.32. The van der Waals surface area contributed by atoms with E-state index in [0.717, 1.165) is 30.6 Å². The molecule has 0 heterocycles. The normalized spacial score (nSPS) is 11.5. The number of carboxylic acids is 1. The number of alkyl carbamates (subject to hydrolysis) is 1. The number of amides is 1. The van der Waals surface area contributed by atoms with Crippen LogP contribution in [0.5, 0.6) is 0 Å². The van der Waals surface area contributed by atoms with Crippen LogP contribution in [-0.2, 0) is 9.53 Å². The molecule has 1 amide bonds. The number of nitrogens with one attached hydrogen (secondary N) is 1. The van der Waals surface area contributed by atoms with Crippen LogP contribution in [0.4, 0.5) is 16.2 Å². The van der Waals surface area contributed by atoms with Crippen LogP contribution in [0.15, 0.2) is 23.1 Å². The lowest BCUT2D eigenvalue weighted by atomic mass is 10.2. The molecule has 27 heavy (non-hydrogen) atoms. The summed E-state index contributed by atoms with van der Waals surface area (Å²) in [6.45, 7) is 1.89. The maximum absolute atomic E-state index is 11.4. The first-order valence-electron chi connectivity index (χ1n) is 8.18. The molecule has 1 aromatic carbocycles. The van der Waals surface area contributed by atoms with Gasteiger partial charge in [0.05, 0.1) is 25.0 Å². The second kappa shape index (κ2) is 11.0. The first-order chi connectivity index (χ1) is 12.8. The number of carbonyl (C=O) groups is 2. The number of rotatable bonds is 9. The largest absolute Gasteiger partial charge is 0.481 e. The number of unbranched alkanes of at least 4 members (excludes halogenated alkanes) is 1. The highest BCUT2D eigenvalue weighted by molar-refractivity contribution is 7.99. The van der Waals surface area contributed by atoms with Crippen molar-refractivity contribution in [3.8, 4) is 0 Å². The molecule has 0 fully saturated rings. The number of methoxy groups -OCH3 is 1.